The van der Waals surface area contributed by atoms with E-state index in [9.17, 15) is 0 Å². The number of imidazole rings is 1. The van der Waals surface area contributed by atoms with Crippen LogP contribution in [0.25, 0.3) is 0 Å². The highest BCUT2D eigenvalue weighted by Crippen LogP contribution is 2.22. The molecule has 2 aromatic carbocycles. The second-order valence-corrected chi connectivity index (χ2v) is 16.4. The summed E-state index contributed by atoms with van der Waals surface area (Å²) in [5.41, 5.74) is 4.43. The van der Waals surface area contributed by atoms with Crippen molar-refractivity contribution in [3.05, 3.63) is 89.5 Å². The second kappa shape index (κ2) is 30.0. The van der Waals surface area contributed by atoms with Crippen molar-refractivity contribution < 1.29 is 4.57 Å². The van der Waals surface area contributed by atoms with Crippen molar-refractivity contribution in [2.75, 3.05) is 0 Å². The molecule has 3 rings (SSSR count). The molecule has 292 valence electrons. The average molecular weight is 712 g/mol. The van der Waals surface area contributed by atoms with Crippen molar-refractivity contribution in [3.63, 3.8) is 0 Å². The molecule has 0 N–H and O–H groups in total. The fourth-order valence-electron chi connectivity index (χ4n) is 8.23. The topological polar surface area (TPSA) is 8.81 Å². The molecule has 0 aliphatic rings. The van der Waals surface area contributed by atoms with E-state index in [2.05, 4.69) is 96.8 Å². The Labute approximate surface area is 323 Å². The lowest BCUT2D eigenvalue weighted by molar-refractivity contribution is -0.710. The van der Waals surface area contributed by atoms with Gasteiger partial charge in [-0.25, -0.2) is 9.13 Å². The number of nitrogens with zero attached hydrogens (tertiary/aromatic N) is 2. The van der Waals surface area contributed by atoms with Crippen molar-refractivity contribution in [1.29, 1.82) is 0 Å². The van der Waals surface area contributed by atoms with Gasteiger partial charge in [-0.05, 0) is 42.7 Å². The Morgan fingerprint density at radius 2 is 0.885 bits per heavy atom. The van der Waals surface area contributed by atoms with Crippen LogP contribution in [0.5, 0.6) is 0 Å². The highest BCUT2D eigenvalue weighted by Gasteiger charge is 2.25. The minimum Gasteiger partial charge on any atom is -0.234 e. The van der Waals surface area contributed by atoms with Gasteiger partial charge in [0, 0.05) is 6.42 Å². The van der Waals surface area contributed by atoms with Gasteiger partial charge in [-0.3, -0.25) is 0 Å². The van der Waals surface area contributed by atoms with Gasteiger partial charge in [0.25, 0.3) is 5.82 Å². The van der Waals surface area contributed by atoms with E-state index >= 15 is 0 Å². The molecule has 0 amide bonds. The van der Waals surface area contributed by atoms with E-state index in [0.29, 0.717) is 5.92 Å². The molecular weight excluding hydrogens is 629 g/mol. The van der Waals surface area contributed by atoms with Crippen LogP contribution in [0.15, 0.2) is 66.9 Å². The Kier molecular flexibility index (Phi) is 25.4. The Morgan fingerprint density at radius 3 is 1.35 bits per heavy atom. The van der Waals surface area contributed by atoms with Gasteiger partial charge in [-0.2, -0.15) is 0 Å². The average Bonchev–Trinajstić information content (AvgIpc) is 3.48. The summed E-state index contributed by atoms with van der Waals surface area (Å²) in [7, 11) is 0. The lowest BCUT2D eigenvalue weighted by atomic mass is 9.96. The van der Waals surface area contributed by atoms with Crippen LogP contribution < -0.4 is 4.57 Å². The van der Waals surface area contributed by atoms with E-state index in [4.69, 9.17) is 0 Å². The van der Waals surface area contributed by atoms with Gasteiger partial charge < -0.3 is 0 Å². The molecule has 3 aromatic rings. The van der Waals surface area contributed by atoms with Crippen molar-refractivity contribution in [2.45, 2.75) is 226 Å². The zero-order valence-corrected chi connectivity index (χ0v) is 34.7. The fourth-order valence-corrected chi connectivity index (χ4v) is 8.23. The zero-order chi connectivity index (χ0) is 36.7. The van der Waals surface area contributed by atoms with Gasteiger partial charge in [-0.1, -0.05) is 229 Å². The first-order valence-electron chi connectivity index (χ1n) is 22.9. The standard InChI is InChI=1S/C50H83N2/c1-4-6-8-10-12-14-16-18-20-22-24-26-28-36-42-52-49(43-46(3)48-39-33-30-34-40-48)45-51(50(52)44-47-37-31-29-32-38-47)41-35-27-25-23-21-19-17-15-13-11-9-7-5-2/h29-34,37-40,45-46H,4-28,35-36,41-44H2,1-3H3/q+1. The van der Waals surface area contributed by atoms with E-state index < -0.39 is 0 Å². The maximum atomic E-state index is 2.76. The summed E-state index contributed by atoms with van der Waals surface area (Å²) in [5, 5.41) is 0. The molecule has 1 heterocycles. The maximum absolute atomic E-state index is 2.76. The molecule has 0 aliphatic carbocycles. The van der Waals surface area contributed by atoms with E-state index in [1.54, 1.807) is 0 Å². The minimum absolute atomic E-state index is 0.514. The molecule has 2 nitrogen and oxygen atoms in total. The normalized spacial score (nSPS) is 12.1. The molecule has 2 heteroatoms. The number of aryl methyl sites for hydroxylation is 1. The lowest BCUT2D eigenvalue weighted by Gasteiger charge is -2.12. The van der Waals surface area contributed by atoms with Crippen LogP contribution in [-0.4, -0.2) is 4.57 Å². The summed E-state index contributed by atoms with van der Waals surface area (Å²) in [6, 6.07) is 22.4. The van der Waals surface area contributed by atoms with Gasteiger partial charge in [0.05, 0.1) is 19.5 Å². The van der Waals surface area contributed by atoms with Crippen LogP contribution in [0.2, 0.25) is 0 Å². The Balaban J connectivity index is 1.52. The van der Waals surface area contributed by atoms with Crippen LogP contribution in [0.3, 0.4) is 0 Å². The van der Waals surface area contributed by atoms with Gasteiger partial charge >= 0.3 is 0 Å². The van der Waals surface area contributed by atoms with Crippen LogP contribution >= 0.6 is 0 Å². The molecule has 1 atom stereocenters. The third kappa shape index (κ3) is 19.6. The first kappa shape index (κ1) is 44.0. The third-order valence-electron chi connectivity index (χ3n) is 11.6. The van der Waals surface area contributed by atoms with Crippen molar-refractivity contribution in [3.8, 4) is 0 Å². The van der Waals surface area contributed by atoms with Gasteiger partial charge in [0.1, 0.15) is 11.9 Å². The predicted molar refractivity (Wildman–Crippen MR) is 228 cm³/mol. The Bertz CT molecular complexity index is 1210. The summed E-state index contributed by atoms with van der Waals surface area (Å²) in [6.07, 6.45) is 42.8. The molecule has 0 bridgehead atoms. The molecule has 0 radical (unpaired) electrons. The van der Waals surface area contributed by atoms with E-state index in [-0.39, 0.29) is 0 Å². The summed E-state index contributed by atoms with van der Waals surface area (Å²) < 4.78 is 5.43. The lowest BCUT2D eigenvalue weighted by Crippen LogP contribution is -2.41. The second-order valence-electron chi connectivity index (χ2n) is 16.4. The highest BCUT2D eigenvalue weighted by atomic mass is 15.2. The maximum Gasteiger partial charge on any atom is 0.261 e. The summed E-state index contributed by atoms with van der Waals surface area (Å²) in [4.78, 5) is 0. The van der Waals surface area contributed by atoms with Crippen molar-refractivity contribution in [1.82, 2.24) is 4.57 Å². The number of aromatic nitrogens is 2. The predicted octanol–water partition coefficient (Wildman–Crippen LogP) is 15.3. The molecular formula is C50H83N2+. The van der Waals surface area contributed by atoms with Crippen LogP contribution in [0.1, 0.15) is 223 Å². The van der Waals surface area contributed by atoms with E-state index in [1.165, 1.54) is 196 Å². The van der Waals surface area contributed by atoms with E-state index in [0.717, 1.165) is 25.9 Å². The third-order valence-corrected chi connectivity index (χ3v) is 11.6. The summed E-state index contributed by atoms with van der Waals surface area (Å²) in [5.74, 6) is 2.04. The number of unbranched alkanes of at least 4 members (excludes halogenated alkanes) is 25. The molecule has 0 spiro atoms. The monoisotopic (exact) mass is 712 g/mol. The molecule has 0 saturated heterocycles. The molecule has 0 aliphatic heterocycles. The molecule has 0 fully saturated rings. The quantitative estimate of drug-likeness (QED) is 0.0431. The minimum atomic E-state index is 0.514. The van der Waals surface area contributed by atoms with Crippen molar-refractivity contribution in [2.24, 2.45) is 0 Å². The summed E-state index contributed by atoms with van der Waals surface area (Å²) >= 11 is 0. The Hall–Kier alpha value is -2.35. The van der Waals surface area contributed by atoms with Gasteiger partial charge in [-0.15, -0.1) is 0 Å². The van der Waals surface area contributed by atoms with Crippen LogP contribution in [0, 0.1) is 0 Å². The largest absolute Gasteiger partial charge is 0.261 e. The van der Waals surface area contributed by atoms with Crippen molar-refractivity contribution >= 4 is 0 Å². The number of hydrogen-bond acceptors (Lipinski definition) is 0. The molecule has 1 unspecified atom stereocenters. The van der Waals surface area contributed by atoms with Gasteiger partial charge in [0.2, 0.25) is 0 Å². The van der Waals surface area contributed by atoms with E-state index in [1.807, 2.05) is 0 Å². The fraction of sp³-hybridized carbons (Fsp3) is 0.700. The molecule has 0 saturated carbocycles. The number of benzene rings is 2. The smallest absolute Gasteiger partial charge is 0.234 e. The SMILES string of the molecule is CCCCCCCCCCCCCCCC[n+]1c(CC(C)c2ccccc2)cn(CCCCCCCCCCCCCCC)c1Cc1ccccc1. The summed E-state index contributed by atoms with van der Waals surface area (Å²) in [6.45, 7) is 9.35. The first-order chi connectivity index (χ1) is 25.7. The number of rotatable bonds is 34. The molecule has 1 aromatic heterocycles. The Morgan fingerprint density at radius 1 is 0.481 bits per heavy atom. The first-order valence-corrected chi connectivity index (χ1v) is 22.9. The van der Waals surface area contributed by atoms with Crippen LogP contribution in [-0.2, 0) is 25.9 Å². The van der Waals surface area contributed by atoms with Crippen LogP contribution in [0.4, 0.5) is 0 Å². The molecule has 52 heavy (non-hydrogen) atoms. The zero-order valence-electron chi connectivity index (χ0n) is 34.7. The highest BCUT2D eigenvalue weighted by molar-refractivity contribution is 5.21. The number of hydrogen-bond donors (Lipinski definition) is 0. The van der Waals surface area contributed by atoms with Gasteiger partial charge in [0.15, 0.2) is 0 Å².